The zero-order chi connectivity index (χ0) is 10.7. The first kappa shape index (κ1) is 10.8. The average molecular weight is 212 g/mol. The molecule has 4 heteroatoms. The molecule has 0 unspecified atom stereocenters. The Hall–Kier alpha value is -1.32. The lowest BCUT2D eigenvalue weighted by Gasteiger charge is -2.12. The van der Waals surface area contributed by atoms with Gasteiger partial charge in [-0.25, -0.2) is 0 Å². The Balaban J connectivity index is 3.01. The average Bonchev–Trinajstić information content (AvgIpc) is 2.16. The second-order valence-electron chi connectivity index (χ2n) is 2.81. The van der Waals surface area contributed by atoms with Gasteiger partial charge in [-0.05, 0) is 6.07 Å². The van der Waals surface area contributed by atoms with E-state index >= 15 is 0 Å². The van der Waals surface area contributed by atoms with Crippen molar-refractivity contribution in [3.05, 3.63) is 47.0 Å². The number of rotatable bonds is 3. The molecule has 0 fully saturated rings. The quantitative estimate of drug-likeness (QED) is 0.743. The third-order valence-corrected chi connectivity index (χ3v) is 2.19. The summed E-state index contributed by atoms with van der Waals surface area (Å²) in [6.07, 6.45) is -1.14. The molecule has 0 saturated carbocycles. The van der Waals surface area contributed by atoms with Crippen LogP contribution < -0.4 is 5.73 Å². The summed E-state index contributed by atoms with van der Waals surface area (Å²) in [6.45, 7) is 3.39. The molecule has 1 atom stereocenters. The van der Waals surface area contributed by atoms with Gasteiger partial charge in [-0.3, -0.25) is 4.79 Å². The van der Waals surface area contributed by atoms with Crippen LogP contribution in [0.4, 0.5) is 0 Å². The number of primary amides is 1. The van der Waals surface area contributed by atoms with Crippen LogP contribution in [-0.4, -0.2) is 11.0 Å². The lowest BCUT2D eigenvalue weighted by atomic mass is 10.0. The molecular formula is C10H10ClNO2. The number of hydrogen-bond acceptors (Lipinski definition) is 2. The van der Waals surface area contributed by atoms with Gasteiger partial charge in [-0.2, -0.15) is 0 Å². The number of aliphatic hydroxyl groups excluding tert-OH is 1. The van der Waals surface area contributed by atoms with Crippen LogP contribution in [0.2, 0.25) is 5.02 Å². The minimum atomic E-state index is -1.14. The van der Waals surface area contributed by atoms with Gasteiger partial charge in [-0.15, -0.1) is 0 Å². The highest BCUT2D eigenvalue weighted by molar-refractivity contribution is 6.31. The maximum atomic E-state index is 10.7. The molecule has 0 aliphatic heterocycles. The number of aliphatic hydroxyl groups is 1. The Morgan fingerprint density at radius 2 is 2.07 bits per heavy atom. The van der Waals surface area contributed by atoms with Gasteiger partial charge in [0, 0.05) is 16.2 Å². The van der Waals surface area contributed by atoms with Crippen molar-refractivity contribution in [3.8, 4) is 0 Å². The summed E-state index contributed by atoms with van der Waals surface area (Å²) in [5.41, 5.74) is 5.34. The van der Waals surface area contributed by atoms with Gasteiger partial charge < -0.3 is 10.8 Å². The predicted molar refractivity (Wildman–Crippen MR) is 54.7 cm³/mol. The molecule has 0 aromatic heterocycles. The summed E-state index contributed by atoms with van der Waals surface area (Å²) < 4.78 is 0. The molecule has 3 nitrogen and oxygen atoms in total. The molecule has 14 heavy (non-hydrogen) atoms. The van der Waals surface area contributed by atoms with Gasteiger partial charge in [0.15, 0.2) is 0 Å². The number of carbonyl (C=O) groups is 1. The van der Waals surface area contributed by atoms with E-state index in [-0.39, 0.29) is 5.57 Å². The Bertz CT molecular complexity index is 376. The molecule has 0 heterocycles. The fourth-order valence-electron chi connectivity index (χ4n) is 1.02. The molecule has 0 radical (unpaired) electrons. The van der Waals surface area contributed by atoms with E-state index in [1.165, 1.54) is 0 Å². The number of hydrogen-bond donors (Lipinski definition) is 2. The molecule has 3 N–H and O–H groups in total. The molecule has 0 aliphatic carbocycles. The van der Waals surface area contributed by atoms with Crippen LogP contribution >= 0.6 is 11.6 Å². The lowest BCUT2D eigenvalue weighted by molar-refractivity contribution is -0.115. The highest BCUT2D eigenvalue weighted by Gasteiger charge is 2.17. The van der Waals surface area contributed by atoms with Crippen molar-refractivity contribution in [2.24, 2.45) is 5.73 Å². The number of amides is 1. The highest BCUT2D eigenvalue weighted by Crippen LogP contribution is 2.26. The highest BCUT2D eigenvalue weighted by atomic mass is 35.5. The lowest BCUT2D eigenvalue weighted by Crippen LogP contribution is -2.18. The van der Waals surface area contributed by atoms with Crippen molar-refractivity contribution in [1.82, 2.24) is 0 Å². The standard InChI is InChI=1S/C10H10ClNO2/c1-6(10(12)14)9(13)7-4-2-3-5-8(7)11/h2-5,9,13H,1H2,(H2,12,14)/t9-/m0/s1. The molecule has 1 rings (SSSR count). The van der Waals surface area contributed by atoms with Gasteiger partial charge >= 0.3 is 0 Å². The number of halogens is 1. The Kier molecular flexibility index (Phi) is 3.28. The van der Waals surface area contributed by atoms with Crippen molar-refractivity contribution >= 4 is 17.5 Å². The maximum Gasteiger partial charge on any atom is 0.247 e. The molecule has 1 aromatic rings. The normalized spacial score (nSPS) is 12.1. The van der Waals surface area contributed by atoms with Crippen LogP contribution in [0, 0.1) is 0 Å². The zero-order valence-electron chi connectivity index (χ0n) is 7.40. The van der Waals surface area contributed by atoms with E-state index in [4.69, 9.17) is 17.3 Å². The minimum Gasteiger partial charge on any atom is -0.383 e. The van der Waals surface area contributed by atoms with Crippen LogP contribution in [0.5, 0.6) is 0 Å². The Morgan fingerprint density at radius 3 is 2.57 bits per heavy atom. The molecule has 0 saturated heterocycles. The monoisotopic (exact) mass is 211 g/mol. The SMILES string of the molecule is C=C(C(N)=O)[C@H](O)c1ccccc1Cl. The van der Waals surface area contributed by atoms with Crippen molar-refractivity contribution < 1.29 is 9.90 Å². The third-order valence-electron chi connectivity index (χ3n) is 1.85. The predicted octanol–water partition coefficient (Wildman–Crippen LogP) is 1.41. The topological polar surface area (TPSA) is 63.3 Å². The van der Waals surface area contributed by atoms with Gasteiger partial charge in [0.05, 0.1) is 0 Å². The fraction of sp³-hybridized carbons (Fsp3) is 0.100. The molecule has 74 valence electrons. The van der Waals surface area contributed by atoms with Gasteiger partial charge in [-0.1, -0.05) is 36.4 Å². The first-order valence-corrected chi connectivity index (χ1v) is 4.33. The largest absolute Gasteiger partial charge is 0.383 e. The first-order valence-electron chi connectivity index (χ1n) is 3.95. The smallest absolute Gasteiger partial charge is 0.247 e. The van der Waals surface area contributed by atoms with Crippen LogP contribution in [0.1, 0.15) is 11.7 Å². The minimum absolute atomic E-state index is 0.0712. The summed E-state index contributed by atoms with van der Waals surface area (Å²) in [5.74, 6) is -0.739. The Morgan fingerprint density at radius 1 is 1.50 bits per heavy atom. The van der Waals surface area contributed by atoms with Crippen molar-refractivity contribution in [2.45, 2.75) is 6.10 Å². The summed E-state index contributed by atoms with van der Waals surface area (Å²) >= 11 is 5.81. The van der Waals surface area contributed by atoms with Gasteiger partial charge in [0.2, 0.25) is 5.91 Å². The van der Waals surface area contributed by atoms with Gasteiger partial charge in [0.1, 0.15) is 6.10 Å². The summed E-state index contributed by atoms with van der Waals surface area (Å²) in [4.78, 5) is 10.7. The molecule has 0 aliphatic rings. The Labute approximate surface area is 86.8 Å². The molecule has 1 aromatic carbocycles. The third kappa shape index (κ3) is 2.13. The van der Waals surface area contributed by atoms with E-state index in [9.17, 15) is 9.90 Å². The summed E-state index contributed by atoms with van der Waals surface area (Å²) in [5, 5.41) is 10.0. The van der Waals surface area contributed by atoms with Crippen molar-refractivity contribution in [2.75, 3.05) is 0 Å². The zero-order valence-corrected chi connectivity index (χ0v) is 8.16. The number of carbonyl (C=O) groups excluding carboxylic acids is 1. The van der Waals surface area contributed by atoms with E-state index in [2.05, 4.69) is 6.58 Å². The molecule has 1 amide bonds. The van der Waals surface area contributed by atoms with E-state index in [0.717, 1.165) is 0 Å². The summed E-state index contributed by atoms with van der Waals surface area (Å²) in [6, 6.07) is 6.67. The molecular weight excluding hydrogens is 202 g/mol. The maximum absolute atomic E-state index is 10.7. The second-order valence-corrected chi connectivity index (χ2v) is 3.22. The van der Waals surface area contributed by atoms with Crippen LogP contribution in [0.15, 0.2) is 36.4 Å². The summed E-state index contributed by atoms with van der Waals surface area (Å²) in [7, 11) is 0. The van der Waals surface area contributed by atoms with E-state index in [0.29, 0.717) is 10.6 Å². The van der Waals surface area contributed by atoms with Crippen LogP contribution in [0.3, 0.4) is 0 Å². The molecule has 0 bridgehead atoms. The number of benzene rings is 1. The van der Waals surface area contributed by atoms with Gasteiger partial charge in [0.25, 0.3) is 0 Å². The fourth-order valence-corrected chi connectivity index (χ4v) is 1.26. The number of nitrogens with two attached hydrogens (primary N) is 1. The van der Waals surface area contributed by atoms with Crippen LogP contribution in [-0.2, 0) is 4.79 Å². The molecule has 0 spiro atoms. The van der Waals surface area contributed by atoms with E-state index in [1.807, 2.05) is 0 Å². The van der Waals surface area contributed by atoms with Crippen LogP contribution in [0.25, 0.3) is 0 Å². The second kappa shape index (κ2) is 4.26. The first-order chi connectivity index (χ1) is 6.54. The van der Waals surface area contributed by atoms with Crippen molar-refractivity contribution in [1.29, 1.82) is 0 Å². The van der Waals surface area contributed by atoms with Crippen molar-refractivity contribution in [3.63, 3.8) is 0 Å². The van der Waals surface area contributed by atoms with E-state index < -0.39 is 12.0 Å². The van der Waals surface area contributed by atoms with E-state index in [1.54, 1.807) is 24.3 Å².